The van der Waals surface area contributed by atoms with Crippen LogP contribution >= 0.6 is 23.2 Å². The Morgan fingerprint density at radius 2 is 2.04 bits per heavy atom. The van der Waals surface area contributed by atoms with E-state index < -0.39 is 23.4 Å². The minimum atomic E-state index is -0.999. The maximum atomic E-state index is 12.2. The zero-order valence-corrected chi connectivity index (χ0v) is 14.7. The van der Waals surface area contributed by atoms with Crippen molar-refractivity contribution < 1.29 is 24.2 Å². The van der Waals surface area contributed by atoms with Crippen LogP contribution in [-0.2, 0) is 14.3 Å². The summed E-state index contributed by atoms with van der Waals surface area (Å²) in [4.78, 5) is 23.8. The maximum Gasteiger partial charge on any atom is 0.311 e. The van der Waals surface area contributed by atoms with Crippen molar-refractivity contribution >= 4 is 35.1 Å². The Morgan fingerprint density at radius 3 is 2.67 bits per heavy atom. The van der Waals surface area contributed by atoms with E-state index in [-0.39, 0.29) is 11.6 Å². The predicted octanol–water partition coefficient (Wildman–Crippen LogP) is 2.76. The quantitative estimate of drug-likeness (QED) is 0.798. The predicted molar refractivity (Wildman–Crippen MR) is 89.7 cm³/mol. The molecule has 0 spiro atoms. The van der Waals surface area contributed by atoms with E-state index in [2.05, 4.69) is 5.32 Å². The fraction of sp³-hybridized carbons (Fsp3) is 0.500. The number of carbonyl (C=O) groups is 2. The average Bonchev–Trinajstić information content (AvgIpc) is 2.57. The molecule has 0 bridgehead atoms. The molecular formula is C16H19Cl2NO5. The molecule has 24 heavy (non-hydrogen) atoms. The summed E-state index contributed by atoms with van der Waals surface area (Å²) in [6, 6.07) is 4.88. The number of halogens is 2. The molecular weight excluding hydrogens is 357 g/mol. The molecule has 1 fully saturated rings. The number of ether oxygens (including phenoxy) is 2. The molecule has 1 heterocycles. The lowest BCUT2D eigenvalue weighted by Gasteiger charge is -2.33. The Morgan fingerprint density at radius 1 is 1.38 bits per heavy atom. The first kappa shape index (κ1) is 18.8. The maximum absolute atomic E-state index is 12.2. The Hall–Kier alpha value is -1.50. The first-order chi connectivity index (χ1) is 11.4. The van der Waals surface area contributed by atoms with Crippen molar-refractivity contribution in [1.29, 1.82) is 0 Å². The molecule has 132 valence electrons. The number of hydrogen-bond donors (Lipinski definition) is 2. The van der Waals surface area contributed by atoms with Gasteiger partial charge in [-0.15, -0.1) is 0 Å². The van der Waals surface area contributed by atoms with Gasteiger partial charge in [0.05, 0.1) is 10.4 Å². The van der Waals surface area contributed by atoms with Crippen molar-refractivity contribution in [3.63, 3.8) is 0 Å². The van der Waals surface area contributed by atoms with Crippen molar-refractivity contribution in [3.05, 3.63) is 28.2 Å². The molecule has 0 aromatic heterocycles. The lowest BCUT2D eigenvalue weighted by atomic mass is 9.80. The molecule has 6 nitrogen and oxygen atoms in total. The molecule has 1 atom stereocenters. The molecule has 0 saturated carbocycles. The molecule has 1 saturated heterocycles. The minimum Gasteiger partial charge on any atom is -0.481 e. The molecule has 2 N–H and O–H groups in total. The van der Waals surface area contributed by atoms with Crippen LogP contribution < -0.4 is 10.1 Å². The second kappa shape index (κ2) is 8.05. The van der Waals surface area contributed by atoms with Crippen LogP contribution in [0.2, 0.25) is 10.0 Å². The van der Waals surface area contributed by atoms with Crippen LogP contribution in [0.4, 0.5) is 0 Å². The Balaban J connectivity index is 1.96. The first-order valence-corrected chi connectivity index (χ1v) is 8.31. The number of benzene rings is 1. The fourth-order valence-corrected chi connectivity index (χ4v) is 2.78. The van der Waals surface area contributed by atoms with Crippen LogP contribution in [0.3, 0.4) is 0 Å². The SMILES string of the molecule is CC(Oc1cccc(Cl)c1Cl)C(=O)NCC1(C(=O)O)CCOCC1. The number of amides is 1. The molecule has 1 aromatic carbocycles. The van der Waals surface area contributed by atoms with E-state index in [0.717, 1.165) is 0 Å². The number of aliphatic carboxylic acids is 1. The fourth-order valence-electron chi connectivity index (χ4n) is 2.45. The van der Waals surface area contributed by atoms with E-state index in [0.29, 0.717) is 36.8 Å². The lowest BCUT2D eigenvalue weighted by molar-refractivity contribution is -0.155. The van der Waals surface area contributed by atoms with Crippen molar-refractivity contribution in [2.24, 2.45) is 5.41 Å². The number of carboxylic acids is 1. The van der Waals surface area contributed by atoms with E-state index in [9.17, 15) is 14.7 Å². The second-order valence-electron chi connectivity index (χ2n) is 5.73. The van der Waals surface area contributed by atoms with Crippen LogP contribution in [0.1, 0.15) is 19.8 Å². The molecule has 2 rings (SSSR count). The molecule has 8 heteroatoms. The Bertz CT molecular complexity index is 616. The van der Waals surface area contributed by atoms with Crippen LogP contribution in [0.15, 0.2) is 18.2 Å². The normalized spacial score (nSPS) is 17.8. The number of nitrogens with one attached hydrogen (secondary N) is 1. The molecule has 1 unspecified atom stereocenters. The summed E-state index contributed by atoms with van der Waals surface area (Å²) < 4.78 is 10.7. The van der Waals surface area contributed by atoms with Crippen LogP contribution in [0.5, 0.6) is 5.75 Å². The summed E-state index contributed by atoms with van der Waals surface area (Å²) in [6.07, 6.45) is -0.123. The Labute approximate surface area is 150 Å². The van der Waals surface area contributed by atoms with Gasteiger partial charge in [-0.2, -0.15) is 0 Å². The van der Waals surface area contributed by atoms with Gasteiger partial charge in [0.2, 0.25) is 0 Å². The number of hydrogen-bond acceptors (Lipinski definition) is 4. The number of rotatable bonds is 6. The van der Waals surface area contributed by atoms with Gasteiger partial charge in [-0.05, 0) is 31.9 Å². The van der Waals surface area contributed by atoms with Gasteiger partial charge in [0.1, 0.15) is 10.8 Å². The summed E-state index contributed by atoms with van der Waals surface area (Å²) in [6.45, 7) is 2.32. The number of carbonyl (C=O) groups excluding carboxylic acids is 1. The third-order valence-corrected chi connectivity index (χ3v) is 4.90. The monoisotopic (exact) mass is 375 g/mol. The second-order valence-corrected chi connectivity index (χ2v) is 6.51. The van der Waals surface area contributed by atoms with Crippen LogP contribution in [-0.4, -0.2) is 42.8 Å². The van der Waals surface area contributed by atoms with Gasteiger partial charge in [0.15, 0.2) is 6.10 Å². The Kier molecular flexibility index (Phi) is 6.32. The van der Waals surface area contributed by atoms with Crippen molar-refractivity contribution in [3.8, 4) is 5.75 Å². The smallest absolute Gasteiger partial charge is 0.311 e. The van der Waals surface area contributed by atoms with Gasteiger partial charge >= 0.3 is 5.97 Å². The van der Waals surface area contributed by atoms with Crippen molar-refractivity contribution in [2.75, 3.05) is 19.8 Å². The zero-order chi connectivity index (χ0) is 17.7. The van der Waals surface area contributed by atoms with Gasteiger partial charge in [-0.25, -0.2) is 0 Å². The highest BCUT2D eigenvalue weighted by atomic mass is 35.5. The van der Waals surface area contributed by atoms with E-state index in [1.165, 1.54) is 0 Å². The average molecular weight is 376 g/mol. The van der Waals surface area contributed by atoms with Gasteiger partial charge < -0.3 is 19.9 Å². The third kappa shape index (κ3) is 4.32. The molecule has 0 aliphatic carbocycles. The minimum absolute atomic E-state index is 0.0293. The van der Waals surface area contributed by atoms with Gasteiger partial charge in [0.25, 0.3) is 5.91 Å². The number of carboxylic acid groups (broad SMARTS) is 1. The van der Waals surface area contributed by atoms with E-state index in [4.69, 9.17) is 32.7 Å². The van der Waals surface area contributed by atoms with Gasteiger partial charge in [-0.3, -0.25) is 9.59 Å². The topological polar surface area (TPSA) is 84.9 Å². The zero-order valence-electron chi connectivity index (χ0n) is 13.2. The molecule has 1 aliphatic heterocycles. The van der Waals surface area contributed by atoms with E-state index >= 15 is 0 Å². The van der Waals surface area contributed by atoms with Crippen molar-refractivity contribution in [1.82, 2.24) is 5.32 Å². The molecule has 1 aliphatic rings. The lowest BCUT2D eigenvalue weighted by Crippen LogP contribution is -2.48. The summed E-state index contributed by atoms with van der Waals surface area (Å²) in [7, 11) is 0. The summed E-state index contributed by atoms with van der Waals surface area (Å²) in [5, 5.41) is 12.7. The van der Waals surface area contributed by atoms with Gasteiger partial charge in [-0.1, -0.05) is 29.3 Å². The highest BCUT2D eigenvalue weighted by molar-refractivity contribution is 6.42. The van der Waals surface area contributed by atoms with E-state index in [1.807, 2.05) is 0 Å². The van der Waals surface area contributed by atoms with Crippen molar-refractivity contribution in [2.45, 2.75) is 25.9 Å². The van der Waals surface area contributed by atoms with Crippen LogP contribution in [0.25, 0.3) is 0 Å². The summed E-state index contributed by atoms with van der Waals surface area (Å²) in [5.41, 5.74) is -0.999. The summed E-state index contributed by atoms with van der Waals surface area (Å²) >= 11 is 11.9. The van der Waals surface area contributed by atoms with Gasteiger partial charge in [0, 0.05) is 19.8 Å². The highest BCUT2D eigenvalue weighted by Crippen LogP contribution is 2.32. The summed E-state index contributed by atoms with van der Waals surface area (Å²) in [5.74, 6) is -1.05. The molecule has 0 radical (unpaired) electrons. The molecule has 1 amide bonds. The largest absolute Gasteiger partial charge is 0.481 e. The standard InChI is InChI=1S/C16H19Cl2NO5/c1-10(24-12-4-2-3-11(17)13(12)18)14(20)19-9-16(15(21)22)5-7-23-8-6-16/h2-4,10H,5-9H2,1H3,(H,19,20)(H,21,22). The molecule has 1 aromatic rings. The van der Waals surface area contributed by atoms with Crippen LogP contribution in [0, 0.1) is 5.41 Å². The van der Waals surface area contributed by atoms with E-state index in [1.54, 1.807) is 25.1 Å². The first-order valence-electron chi connectivity index (χ1n) is 7.55. The highest BCUT2D eigenvalue weighted by Gasteiger charge is 2.40. The third-order valence-electron chi connectivity index (χ3n) is 4.09.